The van der Waals surface area contributed by atoms with Gasteiger partial charge in [0.1, 0.15) is 0 Å². The van der Waals surface area contributed by atoms with E-state index in [2.05, 4.69) is 0 Å². The molecule has 3 rings (SSSR count). The second-order valence-corrected chi connectivity index (χ2v) is 7.80. The predicted octanol–water partition coefficient (Wildman–Crippen LogP) is 5.72. The molecular formula is C28H23ClO6. The second kappa shape index (κ2) is 11.7. The van der Waals surface area contributed by atoms with Crippen molar-refractivity contribution >= 4 is 41.4 Å². The first kappa shape index (κ1) is 25.3. The number of carbonyl (C=O) groups is 2. The highest BCUT2D eigenvalue weighted by Crippen LogP contribution is 2.28. The van der Waals surface area contributed by atoms with Crippen LogP contribution in [0.3, 0.4) is 0 Å². The number of hydrogen-bond acceptors (Lipinski definition) is 6. The van der Waals surface area contributed by atoms with Crippen molar-refractivity contribution < 1.29 is 29.3 Å². The number of carbonyl (C=O) groups excluding carboxylic acids is 2. The molecule has 178 valence electrons. The largest absolute Gasteiger partial charge is 0.504 e. The average Bonchev–Trinajstić information content (AvgIpc) is 2.86. The maximum absolute atomic E-state index is 13.0. The molecule has 35 heavy (non-hydrogen) atoms. The third kappa shape index (κ3) is 6.85. The molecule has 0 aliphatic heterocycles. The zero-order chi connectivity index (χ0) is 25.4. The van der Waals surface area contributed by atoms with Crippen LogP contribution in [0.4, 0.5) is 0 Å². The Bertz CT molecular complexity index is 1240. The van der Waals surface area contributed by atoms with Crippen LogP contribution in [0.1, 0.15) is 16.7 Å². The molecule has 2 N–H and O–H groups in total. The van der Waals surface area contributed by atoms with Crippen molar-refractivity contribution in [1.29, 1.82) is 0 Å². The Balaban J connectivity index is 1.92. The normalized spacial score (nSPS) is 10.9. The summed E-state index contributed by atoms with van der Waals surface area (Å²) in [6.45, 7) is 0. The van der Waals surface area contributed by atoms with Gasteiger partial charge >= 0.3 is 0 Å². The predicted molar refractivity (Wildman–Crippen MR) is 137 cm³/mol. The Morgan fingerprint density at radius 1 is 0.714 bits per heavy atom. The molecule has 0 saturated carbocycles. The Morgan fingerprint density at radius 3 is 1.57 bits per heavy atom. The number of ketones is 2. The van der Waals surface area contributed by atoms with Crippen molar-refractivity contribution in [2.45, 2.75) is 0 Å². The fourth-order valence-corrected chi connectivity index (χ4v) is 3.23. The summed E-state index contributed by atoms with van der Waals surface area (Å²) in [5, 5.41) is 20.0. The fourth-order valence-electron chi connectivity index (χ4n) is 3.11. The van der Waals surface area contributed by atoms with E-state index in [4.69, 9.17) is 21.1 Å². The lowest BCUT2D eigenvalue weighted by Gasteiger charge is -2.05. The molecule has 0 aliphatic carbocycles. The minimum atomic E-state index is -0.509. The first-order valence-electron chi connectivity index (χ1n) is 10.5. The fraction of sp³-hybridized carbons (Fsp3) is 0.0714. The summed E-state index contributed by atoms with van der Waals surface area (Å²) in [6.07, 6.45) is 7.11. The molecule has 0 atom stereocenters. The van der Waals surface area contributed by atoms with Crippen LogP contribution in [0.5, 0.6) is 23.0 Å². The summed E-state index contributed by atoms with van der Waals surface area (Å²) >= 11 is 5.95. The maximum atomic E-state index is 13.0. The van der Waals surface area contributed by atoms with Gasteiger partial charge < -0.3 is 19.7 Å². The maximum Gasteiger partial charge on any atom is 0.189 e. The van der Waals surface area contributed by atoms with Crippen LogP contribution in [0.25, 0.3) is 18.2 Å². The zero-order valence-electron chi connectivity index (χ0n) is 19.1. The molecule has 0 radical (unpaired) electrons. The first-order valence-corrected chi connectivity index (χ1v) is 10.8. The van der Waals surface area contributed by atoms with Crippen LogP contribution in [0, 0.1) is 0 Å². The van der Waals surface area contributed by atoms with Gasteiger partial charge in [0, 0.05) is 5.02 Å². The van der Waals surface area contributed by atoms with E-state index in [1.54, 1.807) is 48.5 Å². The van der Waals surface area contributed by atoms with Crippen LogP contribution in [0.2, 0.25) is 5.02 Å². The van der Waals surface area contributed by atoms with E-state index < -0.39 is 11.6 Å². The van der Waals surface area contributed by atoms with Crippen molar-refractivity contribution in [2.24, 2.45) is 0 Å². The van der Waals surface area contributed by atoms with Gasteiger partial charge in [-0.25, -0.2) is 0 Å². The zero-order valence-corrected chi connectivity index (χ0v) is 19.8. The lowest BCUT2D eigenvalue weighted by atomic mass is 10.0. The lowest BCUT2D eigenvalue weighted by molar-refractivity contribution is -0.116. The van der Waals surface area contributed by atoms with Gasteiger partial charge in [-0.3, -0.25) is 9.59 Å². The molecule has 0 aromatic heterocycles. The van der Waals surface area contributed by atoms with E-state index in [-0.39, 0.29) is 28.6 Å². The number of rotatable bonds is 9. The number of allylic oxidation sites excluding steroid dienone is 3. The highest BCUT2D eigenvalue weighted by Gasteiger charge is 2.14. The van der Waals surface area contributed by atoms with Crippen LogP contribution < -0.4 is 9.47 Å². The molecule has 0 amide bonds. The highest BCUT2D eigenvalue weighted by atomic mass is 35.5. The topological polar surface area (TPSA) is 93.1 Å². The molecule has 0 aliphatic rings. The number of phenolic OH excluding ortho intramolecular Hbond substituents is 2. The number of phenols is 2. The first-order chi connectivity index (χ1) is 16.8. The van der Waals surface area contributed by atoms with Gasteiger partial charge in [0.05, 0.1) is 19.8 Å². The molecule has 0 bridgehead atoms. The molecule has 0 spiro atoms. The Kier molecular flexibility index (Phi) is 8.48. The van der Waals surface area contributed by atoms with E-state index in [9.17, 15) is 19.8 Å². The summed E-state index contributed by atoms with van der Waals surface area (Å²) < 4.78 is 10.2. The Hall–Kier alpha value is -4.29. The molecule has 6 nitrogen and oxygen atoms in total. The Morgan fingerprint density at radius 2 is 1.14 bits per heavy atom. The average molecular weight is 491 g/mol. The van der Waals surface area contributed by atoms with E-state index in [1.165, 1.54) is 56.7 Å². The highest BCUT2D eigenvalue weighted by molar-refractivity contribution is 6.31. The third-order valence-electron chi connectivity index (χ3n) is 4.97. The van der Waals surface area contributed by atoms with Gasteiger partial charge in [0.25, 0.3) is 0 Å². The quantitative estimate of drug-likeness (QED) is 0.226. The molecule has 0 fully saturated rings. The minimum absolute atomic E-state index is 0.0227. The molecule has 0 unspecified atom stereocenters. The van der Waals surface area contributed by atoms with Gasteiger partial charge in [0.15, 0.2) is 34.6 Å². The van der Waals surface area contributed by atoms with E-state index in [0.717, 1.165) is 0 Å². The number of hydrogen-bond donors (Lipinski definition) is 2. The summed E-state index contributed by atoms with van der Waals surface area (Å²) in [5.41, 5.74) is 1.79. The van der Waals surface area contributed by atoms with Crippen LogP contribution in [-0.4, -0.2) is 36.0 Å². The number of methoxy groups -OCH3 is 2. The van der Waals surface area contributed by atoms with E-state index in [0.29, 0.717) is 21.7 Å². The van der Waals surface area contributed by atoms with Gasteiger partial charge in [-0.2, -0.15) is 0 Å². The summed E-state index contributed by atoms with van der Waals surface area (Å²) in [5.74, 6) is -0.537. The van der Waals surface area contributed by atoms with Crippen molar-refractivity contribution in [2.75, 3.05) is 14.2 Å². The van der Waals surface area contributed by atoms with Crippen LogP contribution in [-0.2, 0) is 9.59 Å². The van der Waals surface area contributed by atoms with Gasteiger partial charge in [0.2, 0.25) is 0 Å². The van der Waals surface area contributed by atoms with Crippen molar-refractivity contribution in [3.8, 4) is 23.0 Å². The van der Waals surface area contributed by atoms with E-state index in [1.807, 2.05) is 0 Å². The summed E-state index contributed by atoms with van der Waals surface area (Å²) in [4.78, 5) is 26.1. The molecule has 3 aromatic carbocycles. The van der Waals surface area contributed by atoms with Crippen LogP contribution >= 0.6 is 11.6 Å². The number of benzene rings is 3. The number of ether oxygens (including phenoxy) is 2. The van der Waals surface area contributed by atoms with Gasteiger partial charge in [-0.1, -0.05) is 48.0 Å². The number of halogens is 1. The van der Waals surface area contributed by atoms with Crippen LogP contribution in [0.15, 0.2) is 78.4 Å². The molecule has 7 heteroatoms. The summed E-state index contributed by atoms with van der Waals surface area (Å²) in [7, 11) is 2.85. The Labute approximate surface area is 208 Å². The monoisotopic (exact) mass is 490 g/mol. The number of aromatic hydroxyl groups is 2. The minimum Gasteiger partial charge on any atom is -0.504 e. The van der Waals surface area contributed by atoms with Gasteiger partial charge in [-0.05, 0) is 71.3 Å². The van der Waals surface area contributed by atoms with Crippen molar-refractivity contribution in [3.63, 3.8) is 0 Å². The van der Waals surface area contributed by atoms with Crippen molar-refractivity contribution in [1.82, 2.24) is 0 Å². The molecular weight excluding hydrogens is 468 g/mol. The second-order valence-electron chi connectivity index (χ2n) is 7.37. The SMILES string of the molecule is COc1cc(/C=C/C(=O)C(=Cc2ccc(Cl)cc2)C(=O)/C=C/c2ccc(O)c(OC)c2)ccc1O. The molecule has 3 aromatic rings. The smallest absolute Gasteiger partial charge is 0.189 e. The lowest BCUT2D eigenvalue weighted by Crippen LogP contribution is -2.08. The molecule has 0 heterocycles. The standard InChI is InChI=1S/C28H23ClO6/c1-34-27-16-19(7-13-25(27)32)5-11-23(30)22(15-18-3-9-21(29)10-4-18)24(31)12-6-20-8-14-26(33)28(17-20)35-2/h3-17,32-33H,1-2H3/b11-5+,12-6+. The van der Waals surface area contributed by atoms with Gasteiger partial charge in [-0.15, -0.1) is 0 Å². The van der Waals surface area contributed by atoms with E-state index >= 15 is 0 Å². The van der Waals surface area contributed by atoms with Crippen molar-refractivity contribution in [3.05, 3.63) is 100 Å². The molecule has 0 saturated heterocycles. The third-order valence-corrected chi connectivity index (χ3v) is 5.23. The summed E-state index contributed by atoms with van der Waals surface area (Å²) in [6, 6.07) is 16.0.